The fraction of sp³-hybridized carbons (Fsp3) is 0.304. The number of carbonyl (C=O) groups is 1. The first-order valence-electron chi connectivity index (χ1n) is 10.8. The number of anilines is 1. The molecule has 2 heterocycles. The van der Waals surface area contributed by atoms with Crippen molar-refractivity contribution >= 4 is 32.5 Å². The van der Waals surface area contributed by atoms with E-state index in [1.165, 1.54) is 28.6 Å². The third-order valence-corrected chi connectivity index (χ3v) is 8.95. The van der Waals surface area contributed by atoms with E-state index < -0.39 is 26.7 Å². The van der Waals surface area contributed by atoms with Gasteiger partial charge in [-0.2, -0.15) is 9.40 Å². The maximum atomic E-state index is 13.1. The Morgan fingerprint density at radius 1 is 1.09 bits per heavy atom. The molecule has 0 aliphatic carbocycles. The van der Waals surface area contributed by atoms with Crippen LogP contribution in [0, 0.1) is 0 Å². The molecule has 1 aromatic heterocycles. The molecule has 4 rings (SSSR count). The number of hydrogen-bond donors (Lipinski definition) is 1. The summed E-state index contributed by atoms with van der Waals surface area (Å²) in [6.45, 7) is 4.28. The number of amides is 1. The molecule has 0 saturated heterocycles. The zero-order chi connectivity index (χ0) is 24.5. The first-order valence-corrected chi connectivity index (χ1v) is 13.7. The standard InChI is InChI=1S/C23H26N4O5S2/c1-4-26(5-2)34(30,31)19-12-6-16(7-13-19)23(28)24-22-20-14-33(29)15-21(20)25-27(22)17-8-10-18(32-3)11-9-17/h6-13H,4-5,14-15H2,1-3H3,(H,24,28)/t33-/m0/s1. The van der Waals surface area contributed by atoms with Crippen molar-refractivity contribution in [2.75, 3.05) is 25.5 Å². The van der Waals surface area contributed by atoms with E-state index >= 15 is 0 Å². The largest absolute Gasteiger partial charge is 0.497 e. The maximum Gasteiger partial charge on any atom is 0.256 e. The molecule has 180 valence electrons. The summed E-state index contributed by atoms with van der Waals surface area (Å²) in [6.07, 6.45) is 0. The van der Waals surface area contributed by atoms with Gasteiger partial charge in [0.25, 0.3) is 5.91 Å². The van der Waals surface area contributed by atoms with Gasteiger partial charge in [-0.15, -0.1) is 0 Å². The highest BCUT2D eigenvalue weighted by atomic mass is 32.2. The van der Waals surface area contributed by atoms with Gasteiger partial charge in [-0.3, -0.25) is 9.00 Å². The average Bonchev–Trinajstić information content (AvgIpc) is 3.36. The number of carbonyl (C=O) groups excluding carboxylic acids is 1. The van der Waals surface area contributed by atoms with E-state index in [2.05, 4.69) is 10.4 Å². The highest BCUT2D eigenvalue weighted by Gasteiger charge is 2.29. The fourth-order valence-electron chi connectivity index (χ4n) is 3.84. The second kappa shape index (κ2) is 9.69. The molecule has 0 bridgehead atoms. The Labute approximate surface area is 201 Å². The summed E-state index contributed by atoms with van der Waals surface area (Å²) in [4.78, 5) is 13.2. The molecule has 9 nitrogen and oxygen atoms in total. The number of ether oxygens (including phenoxy) is 1. The van der Waals surface area contributed by atoms with Gasteiger partial charge in [0.15, 0.2) is 0 Å². The van der Waals surface area contributed by atoms with Crippen LogP contribution in [0.5, 0.6) is 5.75 Å². The molecule has 0 fully saturated rings. The second-order valence-corrected chi connectivity index (χ2v) is 11.1. The minimum atomic E-state index is -3.61. The molecule has 0 saturated carbocycles. The van der Waals surface area contributed by atoms with E-state index in [0.717, 1.165) is 11.3 Å². The maximum absolute atomic E-state index is 13.1. The molecule has 2 aromatic carbocycles. The number of nitrogens with zero attached hydrogens (tertiary/aromatic N) is 3. The Morgan fingerprint density at radius 2 is 1.74 bits per heavy atom. The van der Waals surface area contributed by atoms with Gasteiger partial charge in [-0.1, -0.05) is 13.8 Å². The first-order chi connectivity index (χ1) is 16.3. The van der Waals surface area contributed by atoms with Crippen molar-refractivity contribution in [3.05, 3.63) is 65.4 Å². The van der Waals surface area contributed by atoms with Crippen LogP contribution in [0.15, 0.2) is 53.4 Å². The zero-order valence-electron chi connectivity index (χ0n) is 19.1. The normalized spacial score (nSPS) is 15.4. The predicted molar refractivity (Wildman–Crippen MR) is 130 cm³/mol. The van der Waals surface area contributed by atoms with Gasteiger partial charge in [0.05, 0.1) is 34.9 Å². The van der Waals surface area contributed by atoms with Crippen LogP contribution < -0.4 is 10.1 Å². The Hall–Kier alpha value is -3.02. The number of fused-ring (bicyclic) bond motifs is 1. The summed E-state index contributed by atoms with van der Waals surface area (Å²) >= 11 is 0. The van der Waals surface area contributed by atoms with Gasteiger partial charge in [0.1, 0.15) is 11.6 Å². The summed E-state index contributed by atoms with van der Waals surface area (Å²) in [7, 11) is -3.10. The van der Waals surface area contributed by atoms with Crippen molar-refractivity contribution in [3.63, 3.8) is 0 Å². The zero-order valence-corrected chi connectivity index (χ0v) is 20.8. The smallest absolute Gasteiger partial charge is 0.256 e. The molecule has 3 aromatic rings. The van der Waals surface area contributed by atoms with Crippen molar-refractivity contribution < 1.29 is 22.2 Å². The van der Waals surface area contributed by atoms with Gasteiger partial charge >= 0.3 is 0 Å². The third-order valence-electron chi connectivity index (χ3n) is 5.68. The molecule has 0 radical (unpaired) electrons. The number of aromatic nitrogens is 2. The van der Waals surface area contributed by atoms with E-state index in [0.29, 0.717) is 47.4 Å². The van der Waals surface area contributed by atoms with E-state index in [1.807, 2.05) is 12.1 Å². The van der Waals surface area contributed by atoms with Crippen molar-refractivity contribution in [1.82, 2.24) is 14.1 Å². The Kier molecular flexibility index (Phi) is 6.87. The monoisotopic (exact) mass is 502 g/mol. The minimum Gasteiger partial charge on any atom is -0.497 e. The molecule has 0 unspecified atom stereocenters. The van der Waals surface area contributed by atoms with Crippen LogP contribution in [-0.2, 0) is 32.3 Å². The summed E-state index contributed by atoms with van der Waals surface area (Å²) in [5, 5.41) is 7.48. The summed E-state index contributed by atoms with van der Waals surface area (Å²) in [5.74, 6) is 1.37. The second-order valence-electron chi connectivity index (χ2n) is 7.68. The van der Waals surface area contributed by atoms with Crippen molar-refractivity contribution in [3.8, 4) is 11.4 Å². The van der Waals surface area contributed by atoms with Crippen LogP contribution in [0.2, 0.25) is 0 Å². The van der Waals surface area contributed by atoms with Crippen molar-refractivity contribution in [2.45, 2.75) is 30.2 Å². The average molecular weight is 503 g/mol. The highest BCUT2D eigenvalue weighted by Crippen LogP contribution is 2.32. The molecule has 34 heavy (non-hydrogen) atoms. The van der Waals surface area contributed by atoms with Crippen LogP contribution in [0.3, 0.4) is 0 Å². The SMILES string of the molecule is CCN(CC)S(=O)(=O)c1ccc(C(=O)Nc2c3c(nn2-c2ccc(OC)cc2)C[S@@](=O)C3)cc1. The van der Waals surface area contributed by atoms with Gasteiger partial charge in [-0.25, -0.2) is 13.1 Å². The molecule has 1 atom stereocenters. The molecule has 1 aliphatic heterocycles. The number of hydrogen-bond acceptors (Lipinski definition) is 6. The van der Waals surface area contributed by atoms with Crippen LogP contribution in [0.25, 0.3) is 5.69 Å². The van der Waals surface area contributed by atoms with Crippen LogP contribution in [0.1, 0.15) is 35.5 Å². The van der Waals surface area contributed by atoms with Gasteiger partial charge < -0.3 is 10.1 Å². The Balaban J connectivity index is 1.64. The highest BCUT2D eigenvalue weighted by molar-refractivity contribution is 7.89. The van der Waals surface area contributed by atoms with E-state index in [4.69, 9.17) is 4.74 Å². The Bertz CT molecular complexity index is 1330. The fourth-order valence-corrected chi connectivity index (χ4v) is 6.56. The lowest BCUT2D eigenvalue weighted by molar-refractivity contribution is 0.102. The molecule has 1 aliphatic rings. The Morgan fingerprint density at radius 3 is 2.32 bits per heavy atom. The van der Waals surface area contributed by atoms with Crippen LogP contribution >= 0.6 is 0 Å². The van der Waals surface area contributed by atoms with E-state index in [9.17, 15) is 17.4 Å². The van der Waals surface area contributed by atoms with Gasteiger partial charge in [-0.05, 0) is 48.5 Å². The van der Waals surface area contributed by atoms with Gasteiger partial charge in [0, 0.05) is 35.0 Å². The van der Waals surface area contributed by atoms with Crippen LogP contribution in [-0.4, -0.2) is 52.8 Å². The molecular weight excluding hydrogens is 476 g/mol. The van der Waals surface area contributed by atoms with Crippen molar-refractivity contribution in [1.29, 1.82) is 0 Å². The summed E-state index contributed by atoms with van der Waals surface area (Å²) in [5.41, 5.74) is 2.44. The minimum absolute atomic E-state index is 0.132. The number of methoxy groups -OCH3 is 1. The lowest BCUT2D eigenvalue weighted by atomic mass is 10.2. The quantitative estimate of drug-likeness (QED) is 0.507. The topological polar surface area (TPSA) is 111 Å². The molecule has 11 heteroatoms. The number of rotatable bonds is 8. The molecular formula is C23H26N4O5S2. The van der Waals surface area contributed by atoms with E-state index in [1.54, 1.807) is 37.8 Å². The lowest BCUT2D eigenvalue weighted by Gasteiger charge is -2.18. The lowest BCUT2D eigenvalue weighted by Crippen LogP contribution is -2.30. The number of benzene rings is 2. The molecule has 1 amide bonds. The number of nitrogens with one attached hydrogen (secondary N) is 1. The van der Waals surface area contributed by atoms with Crippen molar-refractivity contribution in [2.24, 2.45) is 0 Å². The predicted octanol–water partition coefficient (Wildman–Crippen LogP) is 2.93. The summed E-state index contributed by atoms with van der Waals surface area (Å²) < 4.78 is 45.7. The first kappa shape index (κ1) is 24.1. The number of sulfonamides is 1. The molecule has 1 N–H and O–H groups in total. The third kappa shape index (κ3) is 4.50. The van der Waals surface area contributed by atoms with Crippen LogP contribution in [0.4, 0.5) is 5.82 Å². The van der Waals surface area contributed by atoms with Gasteiger partial charge in [0.2, 0.25) is 10.0 Å². The van der Waals surface area contributed by atoms with E-state index in [-0.39, 0.29) is 4.90 Å². The molecule has 0 spiro atoms. The summed E-state index contributed by atoms with van der Waals surface area (Å²) in [6, 6.07) is 13.1.